The van der Waals surface area contributed by atoms with Crippen LogP contribution in [0.2, 0.25) is 0 Å². The van der Waals surface area contributed by atoms with Gasteiger partial charge in [0, 0.05) is 31.6 Å². The van der Waals surface area contributed by atoms with Crippen molar-refractivity contribution in [2.24, 2.45) is 0 Å². The van der Waals surface area contributed by atoms with Gasteiger partial charge in [0.15, 0.2) is 0 Å². The Morgan fingerprint density at radius 3 is 3.06 bits per heavy atom. The van der Waals surface area contributed by atoms with Crippen molar-refractivity contribution in [1.82, 2.24) is 15.2 Å². The van der Waals surface area contributed by atoms with E-state index in [0.29, 0.717) is 12.1 Å². The van der Waals surface area contributed by atoms with Crippen LogP contribution in [-0.4, -0.2) is 35.1 Å². The summed E-state index contributed by atoms with van der Waals surface area (Å²) in [5, 5.41) is 3.47. The van der Waals surface area contributed by atoms with E-state index >= 15 is 0 Å². The van der Waals surface area contributed by atoms with Gasteiger partial charge in [-0.15, -0.1) is 0 Å². The topological polar surface area (TPSA) is 41.3 Å². The minimum Gasteiger partial charge on any atom is -0.444 e. The number of rotatable bonds is 3. The third kappa shape index (κ3) is 2.62. The number of aryl methyl sites for hydroxylation is 1. The van der Waals surface area contributed by atoms with Crippen LogP contribution < -0.4 is 5.32 Å². The molecule has 4 heteroatoms. The van der Waals surface area contributed by atoms with Gasteiger partial charge in [-0.2, -0.15) is 0 Å². The molecule has 1 aromatic heterocycles. The van der Waals surface area contributed by atoms with E-state index in [4.69, 9.17) is 4.42 Å². The lowest BCUT2D eigenvalue weighted by Gasteiger charge is -2.36. The highest BCUT2D eigenvalue weighted by atomic mass is 16.4. The van der Waals surface area contributed by atoms with Gasteiger partial charge < -0.3 is 9.73 Å². The Morgan fingerprint density at radius 1 is 1.56 bits per heavy atom. The number of hydrogen-bond donors (Lipinski definition) is 1. The van der Waals surface area contributed by atoms with E-state index < -0.39 is 0 Å². The molecule has 2 heterocycles. The van der Waals surface area contributed by atoms with Crippen molar-refractivity contribution in [3.63, 3.8) is 0 Å². The van der Waals surface area contributed by atoms with Crippen LogP contribution in [0.4, 0.5) is 0 Å². The van der Waals surface area contributed by atoms with E-state index in [9.17, 15) is 0 Å². The van der Waals surface area contributed by atoms with Crippen LogP contribution in [0, 0.1) is 0 Å². The van der Waals surface area contributed by atoms with Crippen LogP contribution in [0.1, 0.15) is 32.4 Å². The van der Waals surface area contributed by atoms with Crippen molar-refractivity contribution in [2.75, 3.05) is 13.1 Å². The van der Waals surface area contributed by atoms with E-state index in [0.717, 1.165) is 37.7 Å². The summed E-state index contributed by atoms with van der Waals surface area (Å²) in [6.45, 7) is 9.47. The Labute approximate surface area is 97.0 Å². The lowest BCUT2D eigenvalue weighted by atomic mass is 10.1. The molecule has 1 aliphatic rings. The molecule has 16 heavy (non-hydrogen) atoms. The second-order valence-electron chi connectivity index (χ2n) is 4.66. The maximum atomic E-state index is 5.65. The fourth-order valence-electron chi connectivity index (χ4n) is 2.08. The Balaban J connectivity index is 1.97. The molecule has 1 aliphatic heterocycles. The van der Waals surface area contributed by atoms with E-state index in [1.165, 1.54) is 0 Å². The van der Waals surface area contributed by atoms with Gasteiger partial charge in [0.25, 0.3) is 0 Å². The molecule has 90 valence electrons. The highest BCUT2D eigenvalue weighted by Crippen LogP contribution is 2.12. The lowest BCUT2D eigenvalue weighted by Crippen LogP contribution is -2.53. The average Bonchev–Trinajstić information content (AvgIpc) is 2.71. The van der Waals surface area contributed by atoms with Crippen molar-refractivity contribution >= 4 is 0 Å². The van der Waals surface area contributed by atoms with E-state index in [-0.39, 0.29) is 0 Å². The second kappa shape index (κ2) is 4.97. The van der Waals surface area contributed by atoms with Crippen LogP contribution in [0.5, 0.6) is 0 Å². The molecule has 2 atom stereocenters. The first kappa shape index (κ1) is 11.6. The minimum absolute atomic E-state index is 0.549. The third-order valence-electron chi connectivity index (χ3n) is 3.18. The number of hydrogen-bond acceptors (Lipinski definition) is 4. The Morgan fingerprint density at radius 2 is 2.38 bits per heavy atom. The largest absolute Gasteiger partial charge is 0.444 e. The molecule has 0 spiro atoms. The van der Waals surface area contributed by atoms with Gasteiger partial charge in [-0.3, -0.25) is 4.90 Å². The molecule has 1 N–H and O–H groups in total. The van der Waals surface area contributed by atoms with E-state index in [1.54, 1.807) is 0 Å². The van der Waals surface area contributed by atoms with Crippen molar-refractivity contribution in [1.29, 1.82) is 0 Å². The Hall–Kier alpha value is -0.870. The summed E-state index contributed by atoms with van der Waals surface area (Å²) in [5.41, 5.74) is 0. The molecular formula is C12H21N3O. The molecule has 2 unspecified atom stereocenters. The Bertz CT molecular complexity index is 337. The van der Waals surface area contributed by atoms with Gasteiger partial charge in [-0.1, -0.05) is 6.92 Å². The molecule has 0 aromatic carbocycles. The Kier molecular flexibility index (Phi) is 3.61. The smallest absolute Gasteiger partial charge is 0.208 e. The van der Waals surface area contributed by atoms with E-state index in [2.05, 4.69) is 36.0 Å². The molecule has 0 radical (unpaired) electrons. The summed E-state index contributed by atoms with van der Waals surface area (Å²) >= 11 is 0. The first-order valence-corrected chi connectivity index (χ1v) is 6.10. The van der Waals surface area contributed by atoms with Crippen LogP contribution in [0.15, 0.2) is 10.6 Å². The lowest BCUT2D eigenvalue weighted by molar-refractivity contribution is 0.126. The number of oxazole rings is 1. The van der Waals surface area contributed by atoms with Crippen LogP contribution >= 0.6 is 0 Å². The quantitative estimate of drug-likeness (QED) is 0.841. The third-order valence-corrected chi connectivity index (χ3v) is 3.18. The summed E-state index contributed by atoms with van der Waals surface area (Å²) in [6.07, 6.45) is 2.76. The number of piperazine rings is 1. The van der Waals surface area contributed by atoms with Crippen LogP contribution in [0.25, 0.3) is 0 Å². The summed E-state index contributed by atoms with van der Waals surface area (Å²) in [6, 6.07) is 1.10. The zero-order valence-electron chi connectivity index (χ0n) is 10.4. The fourth-order valence-corrected chi connectivity index (χ4v) is 2.08. The molecule has 4 nitrogen and oxygen atoms in total. The number of nitrogens with zero attached hydrogens (tertiary/aromatic N) is 2. The first-order chi connectivity index (χ1) is 7.69. The highest BCUT2D eigenvalue weighted by Gasteiger charge is 2.23. The van der Waals surface area contributed by atoms with Gasteiger partial charge in [0.1, 0.15) is 5.76 Å². The standard InChI is InChI=1S/C12H21N3O/c1-4-11-6-14-12(16-11)8-15-7-9(2)13-5-10(15)3/h6,9-10,13H,4-5,7-8H2,1-3H3. The van der Waals surface area contributed by atoms with Gasteiger partial charge in [0.05, 0.1) is 12.7 Å². The summed E-state index contributed by atoms with van der Waals surface area (Å²) < 4.78 is 5.65. The molecule has 0 amide bonds. The molecule has 1 saturated heterocycles. The van der Waals surface area contributed by atoms with Crippen LogP contribution in [-0.2, 0) is 13.0 Å². The first-order valence-electron chi connectivity index (χ1n) is 6.10. The average molecular weight is 223 g/mol. The molecule has 0 saturated carbocycles. The molecule has 2 rings (SSSR count). The highest BCUT2D eigenvalue weighted by molar-refractivity contribution is 4.94. The number of nitrogens with one attached hydrogen (secondary N) is 1. The second-order valence-corrected chi connectivity index (χ2v) is 4.66. The monoisotopic (exact) mass is 223 g/mol. The molecule has 1 aromatic rings. The van der Waals surface area contributed by atoms with Gasteiger partial charge in [-0.05, 0) is 13.8 Å². The molecule has 1 fully saturated rings. The summed E-state index contributed by atoms with van der Waals surface area (Å²) in [4.78, 5) is 6.73. The molecule has 0 aliphatic carbocycles. The molecular weight excluding hydrogens is 202 g/mol. The normalized spacial score (nSPS) is 27.2. The van der Waals surface area contributed by atoms with Crippen molar-refractivity contribution in [3.05, 3.63) is 17.8 Å². The van der Waals surface area contributed by atoms with Gasteiger partial charge in [-0.25, -0.2) is 4.98 Å². The minimum atomic E-state index is 0.549. The van der Waals surface area contributed by atoms with Crippen LogP contribution in [0.3, 0.4) is 0 Å². The fraction of sp³-hybridized carbons (Fsp3) is 0.750. The molecule has 0 bridgehead atoms. The maximum Gasteiger partial charge on any atom is 0.208 e. The van der Waals surface area contributed by atoms with Gasteiger partial charge in [0.2, 0.25) is 5.89 Å². The summed E-state index contributed by atoms with van der Waals surface area (Å²) in [7, 11) is 0. The van der Waals surface area contributed by atoms with E-state index in [1.807, 2.05) is 6.20 Å². The zero-order valence-corrected chi connectivity index (χ0v) is 10.4. The van der Waals surface area contributed by atoms with Crippen molar-refractivity contribution in [3.8, 4) is 0 Å². The predicted molar refractivity (Wildman–Crippen MR) is 63.2 cm³/mol. The zero-order chi connectivity index (χ0) is 11.5. The maximum absolute atomic E-state index is 5.65. The van der Waals surface area contributed by atoms with Crippen molar-refractivity contribution in [2.45, 2.75) is 45.8 Å². The van der Waals surface area contributed by atoms with Gasteiger partial charge >= 0.3 is 0 Å². The van der Waals surface area contributed by atoms with Crippen molar-refractivity contribution < 1.29 is 4.42 Å². The SMILES string of the molecule is CCc1cnc(CN2CC(C)NCC2C)o1. The number of aromatic nitrogens is 1. The predicted octanol–water partition coefficient (Wildman–Crippen LogP) is 1.42. The summed E-state index contributed by atoms with van der Waals surface area (Å²) in [5.74, 6) is 1.82.